The maximum Gasteiger partial charge on any atom is 0.137 e. The highest BCUT2D eigenvalue weighted by molar-refractivity contribution is 9.10. The number of imidazole rings is 1. The van der Waals surface area contributed by atoms with Gasteiger partial charge in [-0.1, -0.05) is 6.07 Å². The molecule has 18 heavy (non-hydrogen) atoms. The molecule has 1 aromatic heterocycles. The van der Waals surface area contributed by atoms with Crippen LogP contribution in [0.15, 0.2) is 35.1 Å². The van der Waals surface area contributed by atoms with E-state index in [1.54, 1.807) is 18.3 Å². The SMILES string of the molecule is CCn1ccnc1C(NN)c1ccc(F)c(Br)c1. The highest BCUT2D eigenvalue weighted by Crippen LogP contribution is 2.24. The Morgan fingerprint density at radius 3 is 2.94 bits per heavy atom. The quantitative estimate of drug-likeness (QED) is 0.673. The van der Waals surface area contributed by atoms with Crippen LogP contribution in [0.3, 0.4) is 0 Å². The average Bonchev–Trinajstić information content (AvgIpc) is 2.83. The molecule has 0 amide bonds. The number of halogens is 2. The maximum absolute atomic E-state index is 13.2. The second-order valence-electron chi connectivity index (χ2n) is 3.84. The van der Waals surface area contributed by atoms with E-state index in [2.05, 4.69) is 26.3 Å². The van der Waals surface area contributed by atoms with Crippen molar-refractivity contribution in [2.24, 2.45) is 5.84 Å². The minimum Gasteiger partial charge on any atom is -0.334 e. The van der Waals surface area contributed by atoms with Crippen LogP contribution in [0.2, 0.25) is 0 Å². The molecule has 0 saturated carbocycles. The topological polar surface area (TPSA) is 55.9 Å². The molecule has 0 fully saturated rings. The van der Waals surface area contributed by atoms with Crippen molar-refractivity contribution in [3.8, 4) is 0 Å². The zero-order chi connectivity index (χ0) is 13.1. The summed E-state index contributed by atoms with van der Waals surface area (Å²) in [5.74, 6) is 6.10. The summed E-state index contributed by atoms with van der Waals surface area (Å²) in [7, 11) is 0. The van der Waals surface area contributed by atoms with Crippen LogP contribution in [0.4, 0.5) is 4.39 Å². The number of aryl methyl sites for hydroxylation is 1. The highest BCUT2D eigenvalue weighted by Gasteiger charge is 2.18. The molecule has 0 spiro atoms. The van der Waals surface area contributed by atoms with Crippen LogP contribution < -0.4 is 11.3 Å². The van der Waals surface area contributed by atoms with Gasteiger partial charge in [0.2, 0.25) is 0 Å². The molecule has 6 heteroatoms. The maximum atomic E-state index is 13.2. The van der Waals surface area contributed by atoms with Crippen molar-refractivity contribution in [2.45, 2.75) is 19.5 Å². The van der Waals surface area contributed by atoms with Gasteiger partial charge in [-0.25, -0.2) is 14.8 Å². The number of hydrogen-bond donors (Lipinski definition) is 2. The number of hydrazine groups is 1. The van der Waals surface area contributed by atoms with Gasteiger partial charge < -0.3 is 4.57 Å². The first-order valence-electron chi connectivity index (χ1n) is 5.59. The third-order valence-corrected chi connectivity index (χ3v) is 3.40. The zero-order valence-electron chi connectivity index (χ0n) is 9.90. The number of aromatic nitrogens is 2. The molecule has 0 radical (unpaired) electrons. The fourth-order valence-corrected chi connectivity index (χ4v) is 2.26. The van der Waals surface area contributed by atoms with Gasteiger partial charge in [0.1, 0.15) is 17.7 Å². The van der Waals surface area contributed by atoms with E-state index >= 15 is 0 Å². The Hall–Kier alpha value is -1.24. The summed E-state index contributed by atoms with van der Waals surface area (Å²) in [6.07, 6.45) is 3.61. The fourth-order valence-electron chi connectivity index (χ4n) is 1.86. The molecule has 0 bridgehead atoms. The average molecular weight is 313 g/mol. The molecule has 96 valence electrons. The van der Waals surface area contributed by atoms with Crippen molar-refractivity contribution >= 4 is 15.9 Å². The van der Waals surface area contributed by atoms with E-state index in [0.29, 0.717) is 4.47 Å². The lowest BCUT2D eigenvalue weighted by atomic mass is 10.1. The summed E-state index contributed by atoms with van der Waals surface area (Å²) in [5.41, 5.74) is 3.57. The van der Waals surface area contributed by atoms with Gasteiger partial charge >= 0.3 is 0 Å². The monoisotopic (exact) mass is 312 g/mol. The lowest BCUT2D eigenvalue weighted by Gasteiger charge is -2.17. The number of hydrogen-bond acceptors (Lipinski definition) is 3. The minimum atomic E-state index is -0.298. The molecule has 0 aliphatic carbocycles. The molecule has 1 atom stereocenters. The first-order valence-corrected chi connectivity index (χ1v) is 6.38. The highest BCUT2D eigenvalue weighted by atomic mass is 79.9. The number of rotatable bonds is 4. The molecule has 1 aromatic carbocycles. The van der Waals surface area contributed by atoms with Crippen molar-refractivity contribution < 1.29 is 4.39 Å². The fraction of sp³-hybridized carbons (Fsp3) is 0.250. The molecule has 1 heterocycles. The summed E-state index contributed by atoms with van der Waals surface area (Å²) in [6, 6.07) is 4.54. The van der Waals surface area contributed by atoms with Gasteiger partial charge in [-0.15, -0.1) is 0 Å². The number of nitrogens with two attached hydrogens (primary N) is 1. The van der Waals surface area contributed by atoms with Crippen LogP contribution in [0.1, 0.15) is 24.4 Å². The van der Waals surface area contributed by atoms with Crippen LogP contribution in [-0.2, 0) is 6.54 Å². The summed E-state index contributed by atoms with van der Waals surface area (Å²) in [4.78, 5) is 4.30. The molecule has 0 aliphatic rings. The van der Waals surface area contributed by atoms with Crippen molar-refractivity contribution in [1.82, 2.24) is 15.0 Å². The summed E-state index contributed by atoms with van der Waals surface area (Å²) in [5, 5.41) is 0. The normalized spacial score (nSPS) is 12.7. The van der Waals surface area contributed by atoms with Crippen LogP contribution in [0, 0.1) is 5.82 Å². The van der Waals surface area contributed by atoms with Gasteiger partial charge in [-0.3, -0.25) is 5.84 Å². The molecular formula is C12H14BrFN4. The van der Waals surface area contributed by atoms with E-state index in [4.69, 9.17) is 5.84 Å². The summed E-state index contributed by atoms with van der Waals surface area (Å²) in [6.45, 7) is 2.83. The van der Waals surface area contributed by atoms with Gasteiger partial charge in [0.05, 0.1) is 4.47 Å². The third kappa shape index (κ3) is 2.45. The zero-order valence-corrected chi connectivity index (χ0v) is 11.5. The predicted molar refractivity (Wildman–Crippen MR) is 71.2 cm³/mol. The number of nitrogens with zero attached hydrogens (tertiary/aromatic N) is 2. The lowest BCUT2D eigenvalue weighted by molar-refractivity contribution is 0.557. The van der Waals surface area contributed by atoms with Crippen molar-refractivity contribution in [2.75, 3.05) is 0 Å². The van der Waals surface area contributed by atoms with Crippen LogP contribution in [0.25, 0.3) is 0 Å². The lowest BCUT2D eigenvalue weighted by Crippen LogP contribution is -2.31. The van der Waals surface area contributed by atoms with E-state index in [-0.39, 0.29) is 11.9 Å². The van der Waals surface area contributed by atoms with Gasteiger partial charge in [-0.2, -0.15) is 0 Å². The van der Waals surface area contributed by atoms with E-state index in [1.807, 2.05) is 17.7 Å². The van der Waals surface area contributed by atoms with E-state index in [0.717, 1.165) is 17.9 Å². The molecule has 2 rings (SSSR count). The number of benzene rings is 1. The Kier molecular flexibility index (Phi) is 4.11. The van der Waals surface area contributed by atoms with E-state index < -0.39 is 0 Å². The number of nitrogens with one attached hydrogen (secondary N) is 1. The third-order valence-electron chi connectivity index (χ3n) is 2.79. The van der Waals surface area contributed by atoms with Gasteiger partial charge in [0.25, 0.3) is 0 Å². The van der Waals surface area contributed by atoms with E-state index in [9.17, 15) is 4.39 Å². The Morgan fingerprint density at radius 1 is 1.56 bits per heavy atom. The second kappa shape index (κ2) is 5.60. The molecular weight excluding hydrogens is 299 g/mol. The molecule has 3 N–H and O–H groups in total. The summed E-state index contributed by atoms with van der Waals surface area (Å²) >= 11 is 3.17. The molecule has 1 unspecified atom stereocenters. The predicted octanol–water partition coefficient (Wildman–Crippen LogP) is 2.36. The van der Waals surface area contributed by atoms with Gasteiger partial charge in [0.15, 0.2) is 0 Å². The Balaban J connectivity index is 2.42. The van der Waals surface area contributed by atoms with Crippen molar-refractivity contribution in [3.63, 3.8) is 0 Å². The van der Waals surface area contributed by atoms with Crippen LogP contribution >= 0.6 is 15.9 Å². The first kappa shape index (κ1) is 13.2. The van der Waals surface area contributed by atoms with Crippen LogP contribution in [0.5, 0.6) is 0 Å². The van der Waals surface area contributed by atoms with Crippen LogP contribution in [-0.4, -0.2) is 9.55 Å². The van der Waals surface area contributed by atoms with Gasteiger partial charge in [0, 0.05) is 18.9 Å². The second-order valence-corrected chi connectivity index (χ2v) is 4.70. The molecule has 0 aliphatic heterocycles. The summed E-state index contributed by atoms with van der Waals surface area (Å²) < 4.78 is 15.6. The standard InChI is InChI=1S/C12H14BrFN4/c1-2-18-6-5-16-12(18)11(17-15)8-3-4-10(14)9(13)7-8/h3-7,11,17H,2,15H2,1H3. The Bertz CT molecular complexity index is 541. The Morgan fingerprint density at radius 2 is 2.33 bits per heavy atom. The molecule has 4 nitrogen and oxygen atoms in total. The first-order chi connectivity index (χ1) is 8.67. The molecule has 2 aromatic rings. The van der Waals surface area contributed by atoms with Crippen molar-refractivity contribution in [1.29, 1.82) is 0 Å². The molecule has 0 saturated heterocycles. The van der Waals surface area contributed by atoms with Crippen molar-refractivity contribution in [3.05, 3.63) is 52.3 Å². The minimum absolute atomic E-state index is 0.267. The van der Waals surface area contributed by atoms with E-state index in [1.165, 1.54) is 6.07 Å². The van der Waals surface area contributed by atoms with Gasteiger partial charge in [-0.05, 0) is 40.5 Å². The smallest absolute Gasteiger partial charge is 0.137 e. The largest absolute Gasteiger partial charge is 0.334 e. The Labute approximate surface area is 113 Å².